The van der Waals surface area contributed by atoms with Crippen molar-refractivity contribution >= 4 is 44.1 Å². The van der Waals surface area contributed by atoms with E-state index in [1.54, 1.807) is 19.3 Å². The third kappa shape index (κ3) is 2.26. The number of hydrogen-bond acceptors (Lipinski definition) is 4. The topological polar surface area (TPSA) is 75.7 Å². The molecule has 0 spiro atoms. The van der Waals surface area contributed by atoms with Crippen LogP contribution in [-0.4, -0.2) is 26.5 Å². The molecule has 2 unspecified atom stereocenters. The van der Waals surface area contributed by atoms with Crippen LogP contribution in [0.4, 0.5) is 0 Å². The zero-order valence-electron chi connectivity index (χ0n) is 17.1. The highest BCUT2D eigenvalue weighted by Crippen LogP contribution is 2.44. The standard InChI is InChI=1S/C26H19N3O2/c1-14-23(30)22-18-8-7-15-5-3-4-6-16(15)17(18)9-10-19(22)26(2,24(14)31)25-28-13-21-20(29-25)11-12-27-21/h3-14,27H,1-2H3. The average molecular weight is 405 g/mol. The van der Waals surface area contributed by atoms with Crippen LogP contribution in [0.3, 0.4) is 0 Å². The van der Waals surface area contributed by atoms with Crippen LogP contribution in [0.15, 0.2) is 67.0 Å². The predicted octanol–water partition coefficient (Wildman–Crippen LogP) is 4.97. The summed E-state index contributed by atoms with van der Waals surface area (Å²) >= 11 is 0. The summed E-state index contributed by atoms with van der Waals surface area (Å²) in [6.45, 7) is 3.54. The number of nitrogens with zero attached hydrogens (tertiary/aromatic N) is 2. The molecule has 1 aliphatic carbocycles. The number of H-pyrrole nitrogens is 1. The third-order valence-corrected chi connectivity index (χ3v) is 6.74. The first-order valence-electron chi connectivity index (χ1n) is 10.3. The zero-order chi connectivity index (χ0) is 21.3. The van der Waals surface area contributed by atoms with Gasteiger partial charge in [0.15, 0.2) is 11.6 Å². The number of carbonyl (C=O) groups excluding carboxylic acids is 2. The van der Waals surface area contributed by atoms with E-state index in [-0.39, 0.29) is 11.6 Å². The SMILES string of the molecule is CC1C(=O)c2c(ccc3c2ccc2ccccc23)C(C)(c2ncc3[nH]ccc3n2)C1=O. The van der Waals surface area contributed by atoms with E-state index in [2.05, 4.69) is 22.1 Å². The normalized spacial score (nSPS) is 21.2. The quantitative estimate of drug-likeness (QED) is 0.315. The lowest BCUT2D eigenvalue weighted by molar-refractivity contribution is -0.125. The van der Waals surface area contributed by atoms with Crippen molar-refractivity contribution in [3.05, 3.63) is 83.9 Å². The Balaban J connectivity index is 1.71. The van der Waals surface area contributed by atoms with Gasteiger partial charge in [-0.3, -0.25) is 9.59 Å². The van der Waals surface area contributed by atoms with Gasteiger partial charge in [-0.2, -0.15) is 0 Å². The smallest absolute Gasteiger partial charge is 0.174 e. The highest BCUT2D eigenvalue weighted by molar-refractivity contribution is 6.25. The van der Waals surface area contributed by atoms with E-state index in [1.165, 1.54) is 0 Å². The Kier molecular flexibility index (Phi) is 3.52. The summed E-state index contributed by atoms with van der Waals surface area (Å²) in [6.07, 6.45) is 3.50. The Labute approximate surface area is 178 Å². The monoisotopic (exact) mass is 405 g/mol. The van der Waals surface area contributed by atoms with Gasteiger partial charge in [0.2, 0.25) is 0 Å². The van der Waals surface area contributed by atoms with Crippen molar-refractivity contribution in [3.63, 3.8) is 0 Å². The van der Waals surface area contributed by atoms with E-state index >= 15 is 0 Å². The van der Waals surface area contributed by atoms with Crippen LogP contribution in [0, 0.1) is 5.92 Å². The molecule has 2 aromatic heterocycles. The Morgan fingerprint density at radius 1 is 0.935 bits per heavy atom. The summed E-state index contributed by atoms with van der Waals surface area (Å²) in [5.41, 5.74) is 1.74. The molecule has 5 heteroatoms. The van der Waals surface area contributed by atoms with Crippen molar-refractivity contribution < 1.29 is 9.59 Å². The van der Waals surface area contributed by atoms with Crippen molar-refractivity contribution in [2.24, 2.45) is 5.92 Å². The highest BCUT2D eigenvalue weighted by Gasteiger charge is 2.50. The van der Waals surface area contributed by atoms with Crippen molar-refractivity contribution in [1.29, 1.82) is 0 Å². The number of rotatable bonds is 1. The molecule has 0 amide bonds. The third-order valence-electron chi connectivity index (χ3n) is 6.74. The Morgan fingerprint density at radius 3 is 2.61 bits per heavy atom. The molecule has 0 bridgehead atoms. The second kappa shape index (κ2) is 6.08. The van der Waals surface area contributed by atoms with Gasteiger partial charge in [-0.15, -0.1) is 0 Å². The number of aromatic amines is 1. The number of ketones is 2. The lowest BCUT2D eigenvalue weighted by Crippen LogP contribution is -2.47. The lowest BCUT2D eigenvalue weighted by Gasteiger charge is -2.36. The molecule has 1 aliphatic rings. The minimum Gasteiger partial charge on any atom is -0.359 e. The van der Waals surface area contributed by atoms with E-state index in [1.807, 2.05) is 49.4 Å². The molecule has 0 fully saturated rings. The maximum atomic E-state index is 13.5. The molecule has 150 valence electrons. The number of hydrogen-bond donors (Lipinski definition) is 1. The largest absolute Gasteiger partial charge is 0.359 e. The van der Waals surface area contributed by atoms with Gasteiger partial charge in [0.25, 0.3) is 0 Å². The van der Waals surface area contributed by atoms with Gasteiger partial charge in [0.05, 0.1) is 23.1 Å². The second-order valence-corrected chi connectivity index (χ2v) is 8.42. The lowest BCUT2D eigenvalue weighted by atomic mass is 9.64. The van der Waals surface area contributed by atoms with E-state index < -0.39 is 11.3 Å². The number of carbonyl (C=O) groups is 2. The average Bonchev–Trinajstić information content (AvgIpc) is 3.28. The van der Waals surface area contributed by atoms with Crippen molar-refractivity contribution in [3.8, 4) is 0 Å². The van der Waals surface area contributed by atoms with Crippen molar-refractivity contribution in [1.82, 2.24) is 15.0 Å². The van der Waals surface area contributed by atoms with Gasteiger partial charge < -0.3 is 4.98 Å². The fourth-order valence-corrected chi connectivity index (χ4v) is 4.99. The molecule has 5 nitrogen and oxygen atoms in total. The molecule has 6 rings (SSSR count). The molecule has 0 saturated carbocycles. The van der Waals surface area contributed by atoms with Crippen LogP contribution >= 0.6 is 0 Å². The van der Waals surface area contributed by atoms with Crippen LogP contribution in [0.1, 0.15) is 35.6 Å². The number of aromatic nitrogens is 3. The molecule has 2 atom stereocenters. The first-order chi connectivity index (χ1) is 15.0. The van der Waals surface area contributed by atoms with Gasteiger partial charge in [-0.1, -0.05) is 48.5 Å². The summed E-state index contributed by atoms with van der Waals surface area (Å²) in [4.78, 5) is 39.3. The molecule has 31 heavy (non-hydrogen) atoms. The van der Waals surface area contributed by atoms with Gasteiger partial charge in [-0.05, 0) is 47.0 Å². The second-order valence-electron chi connectivity index (χ2n) is 8.42. The summed E-state index contributed by atoms with van der Waals surface area (Å²) in [6, 6.07) is 17.9. The first-order valence-corrected chi connectivity index (χ1v) is 10.3. The van der Waals surface area contributed by atoms with Crippen molar-refractivity contribution in [2.75, 3.05) is 0 Å². The predicted molar refractivity (Wildman–Crippen MR) is 120 cm³/mol. The summed E-state index contributed by atoms with van der Waals surface area (Å²) in [7, 11) is 0. The number of Topliss-reactive ketones (excluding diaryl/α,β-unsaturated/α-hetero) is 2. The molecule has 3 aromatic carbocycles. The molecular weight excluding hydrogens is 386 g/mol. The number of benzene rings is 3. The maximum absolute atomic E-state index is 13.5. The number of nitrogens with one attached hydrogen (secondary N) is 1. The molecule has 2 heterocycles. The van der Waals surface area contributed by atoms with Gasteiger partial charge in [0, 0.05) is 11.8 Å². The van der Waals surface area contributed by atoms with Crippen LogP contribution in [-0.2, 0) is 10.2 Å². The molecule has 0 radical (unpaired) electrons. The van der Waals surface area contributed by atoms with E-state index in [4.69, 9.17) is 4.98 Å². The summed E-state index contributed by atoms with van der Waals surface area (Å²) in [5.74, 6) is -0.647. The molecular formula is C26H19N3O2. The summed E-state index contributed by atoms with van der Waals surface area (Å²) in [5, 5.41) is 4.09. The Hall–Kier alpha value is -3.86. The molecule has 0 saturated heterocycles. The minimum absolute atomic E-state index is 0.138. The Morgan fingerprint density at radius 2 is 1.74 bits per heavy atom. The van der Waals surface area contributed by atoms with Crippen molar-refractivity contribution in [2.45, 2.75) is 19.3 Å². The van der Waals surface area contributed by atoms with E-state index in [0.717, 1.165) is 32.6 Å². The fourth-order valence-electron chi connectivity index (χ4n) is 4.99. The first kappa shape index (κ1) is 18.0. The maximum Gasteiger partial charge on any atom is 0.174 e. The zero-order valence-corrected chi connectivity index (χ0v) is 17.1. The highest BCUT2D eigenvalue weighted by atomic mass is 16.2. The van der Waals surface area contributed by atoms with E-state index in [0.29, 0.717) is 17.0 Å². The van der Waals surface area contributed by atoms with E-state index in [9.17, 15) is 9.59 Å². The molecule has 5 aromatic rings. The summed E-state index contributed by atoms with van der Waals surface area (Å²) < 4.78 is 0. The van der Waals surface area contributed by atoms with Gasteiger partial charge >= 0.3 is 0 Å². The van der Waals surface area contributed by atoms with Crippen LogP contribution in [0.2, 0.25) is 0 Å². The molecule has 0 aliphatic heterocycles. The van der Waals surface area contributed by atoms with Crippen LogP contribution < -0.4 is 0 Å². The van der Waals surface area contributed by atoms with Crippen LogP contribution in [0.25, 0.3) is 32.6 Å². The van der Waals surface area contributed by atoms with Gasteiger partial charge in [0.1, 0.15) is 11.2 Å². The minimum atomic E-state index is -1.10. The number of fused-ring (bicyclic) bond motifs is 6. The fraction of sp³-hybridized carbons (Fsp3) is 0.154. The van der Waals surface area contributed by atoms with Gasteiger partial charge in [-0.25, -0.2) is 9.97 Å². The molecule has 1 N–H and O–H groups in total. The van der Waals surface area contributed by atoms with Crippen LogP contribution in [0.5, 0.6) is 0 Å². The Bertz CT molecular complexity index is 1570.